The molecule has 0 aromatic heterocycles. The average molecular weight is 196 g/mol. The summed E-state index contributed by atoms with van der Waals surface area (Å²) in [7, 11) is 1.95. The molecule has 0 aromatic rings. The van der Waals surface area contributed by atoms with Crippen molar-refractivity contribution in [1.29, 1.82) is 0 Å². The van der Waals surface area contributed by atoms with E-state index in [9.17, 15) is 4.79 Å². The highest BCUT2D eigenvalue weighted by Gasteiger charge is 2.44. The van der Waals surface area contributed by atoms with Crippen LogP contribution in [0.2, 0.25) is 0 Å². The van der Waals surface area contributed by atoms with E-state index in [0.717, 1.165) is 6.42 Å². The Morgan fingerprint density at radius 3 is 2.71 bits per heavy atom. The summed E-state index contributed by atoms with van der Waals surface area (Å²) in [6.07, 6.45) is 4.94. The molecule has 1 heterocycles. The summed E-state index contributed by atoms with van der Waals surface area (Å²) in [5, 5.41) is 3.48. The highest BCUT2D eigenvalue weighted by Crippen LogP contribution is 2.29. The van der Waals surface area contributed by atoms with E-state index in [2.05, 4.69) is 5.32 Å². The summed E-state index contributed by atoms with van der Waals surface area (Å²) in [6.45, 7) is 3.97. The third kappa shape index (κ3) is 1.44. The van der Waals surface area contributed by atoms with Crippen molar-refractivity contribution in [2.75, 3.05) is 7.05 Å². The van der Waals surface area contributed by atoms with Crippen LogP contribution in [0.4, 0.5) is 0 Å². The number of carbonyl (C=O) groups excluding carboxylic acids is 1. The van der Waals surface area contributed by atoms with Crippen molar-refractivity contribution in [2.24, 2.45) is 0 Å². The number of amides is 1. The van der Waals surface area contributed by atoms with Gasteiger partial charge in [0.15, 0.2) is 0 Å². The molecule has 2 atom stereocenters. The maximum Gasteiger partial charge on any atom is 0.242 e. The predicted molar refractivity (Wildman–Crippen MR) is 56.0 cm³/mol. The molecule has 14 heavy (non-hydrogen) atoms. The molecule has 1 amide bonds. The Morgan fingerprint density at radius 1 is 1.36 bits per heavy atom. The van der Waals surface area contributed by atoms with Crippen LogP contribution in [0.25, 0.3) is 0 Å². The van der Waals surface area contributed by atoms with E-state index in [1.54, 1.807) is 0 Å². The van der Waals surface area contributed by atoms with Gasteiger partial charge in [-0.15, -0.1) is 0 Å². The Balaban J connectivity index is 2.20. The molecule has 0 aromatic carbocycles. The fraction of sp³-hybridized carbons (Fsp3) is 0.909. The Hall–Kier alpha value is -0.570. The molecule has 3 nitrogen and oxygen atoms in total. The lowest BCUT2D eigenvalue weighted by molar-refractivity contribution is -0.144. The van der Waals surface area contributed by atoms with Crippen LogP contribution in [-0.2, 0) is 4.79 Å². The number of hydrogen-bond acceptors (Lipinski definition) is 2. The van der Waals surface area contributed by atoms with Gasteiger partial charge in [0.05, 0.1) is 5.54 Å². The largest absolute Gasteiger partial charge is 0.340 e. The van der Waals surface area contributed by atoms with Crippen molar-refractivity contribution in [3.63, 3.8) is 0 Å². The number of likely N-dealkylation sites (N-methyl/N-ethyl adjacent to an activating group) is 1. The van der Waals surface area contributed by atoms with E-state index in [1.807, 2.05) is 25.8 Å². The van der Waals surface area contributed by atoms with Crippen LogP contribution in [-0.4, -0.2) is 35.5 Å². The summed E-state index contributed by atoms with van der Waals surface area (Å²) >= 11 is 0. The first-order chi connectivity index (χ1) is 6.52. The second kappa shape index (κ2) is 3.23. The van der Waals surface area contributed by atoms with Crippen LogP contribution in [0, 0.1) is 0 Å². The van der Waals surface area contributed by atoms with Crippen molar-refractivity contribution in [1.82, 2.24) is 10.2 Å². The average Bonchev–Trinajstić information content (AvgIpc) is 2.14. The van der Waals surface area contributed by atoms with E-state index in [-0.39, 0.29) is 11.4 Å². The first kappa shape index (κ1) is 9.97. The number of piperazine rings is 1. The van der Waals surface area contributed by atoms with Gasteiger partial charge in [-0.25, -0.2) is 0 Å². The van der Waals surface area contributed by atoms with Crippen molar-refractivity contribution in [3.8, 4) is 0 Å². The second-order valence-corrected chi connectivity index (χ2v) is 5.14. The van der Waals surface area contributed by atoms with Crippen molar-refractivity contribution in [3.05, 3.63) is 0 Å². The van der Waals surface area contributed by atoms with Crippen molar-refractivity contribution < 1.29 is 4.79 Å². The van der Waals surface area contributed by atoms with E-state index < -0.39 is 0 Å². The number of hydrogen-bond donors (Lipinski definition) is 1. The third-order valence-electron chi connectivity index (χ3n) is 3.63. The van der Waals surface area contributed by atoms with Gasteiger partial charge in [0.1, 0.15) is 0 Å². The zero-order valence-electron chi connectivity index (χ0n) is 9.34. The van der Waals surface area contributed by atoms with E-state index in [4.69, 9.17) is 0 Å². The fourth-order valence-electron chi connectivity index (χ4n) is 2.86. The van der Waals surface area contributed by atoms with Gasteiger partial charge in [0.25, 0.3) is 0 Å². The maximum absolute atomic E-state index is 12.0. The van der Waals surface area contributed by atoms with Crippen LogP contribution in [0.5, 0.6) is 0 Å². The monoisotopic (exact) mass is 196 g/mol. The predicted octanol–water partition coefficient (Wildman–Crippen LogP) is 1.14. The van der Waals surface area contributed by atoms with Crippen molar-refractivity contribution >= 4 is 5.91 Å². The van der Waals surface area contributed by atoms with Gasteiger partial charge in [0.2, 0.25) is 5.91 Å². The molecule has 2 fully saturated rings. The zero-order valence-corrected chi connectivity index (χ0v) is 9.34. The lowest BCUT2D eigenvalue weighted by Crippen LogP contribution is -2.69. The van der Waals surface area contributed by atoms with E-state index in [0.29, 0.717) is 12.1 Å². The number of fused-ring (bicyclic) bond motifs is 1. The van der Waals surface area contributed by atoms with Crippen LogP contribution in [0.3, 0.4) is 0 Å². The standard InChI is InChI=1S/C11H20N2O/c1-11(2)10(14)13(3)9-7-5-4-6-8(9)12-11/h8-9,12H,4-7H2,1-3H3. The number of rotatable bonds is 0. The number of nitrogens with one attached hydrogen (secondary N) is 1. The Bertz CT molecular complexity index is 250. The summed E-state index contributed by atoms with van der Waals surface area (Å²) in [5.74, 6) is 0.237. The minimum absolute atomic E-state index is 0.237. The number of nitrogens with zero attached hydrogens (tertiary/aromatic N) is 1. The van der Waals surface area contributed by atoms with Gasteiger partial charge >= 0.3 is 0 Å². The minimum atomic E-state index is -0.368. The Kier molecular flexibility index (Phi) is 2.30. The molecule has 0 bridgehead atoms. The fourth-order valence-corrected chi connectivity index (χ4v) is 2.86. The lowest BCUT2D eigenvalue weighted by atomic mass is 9.83. The summed E-state index contributed by atoms with van der Waals surface area (Å²) in [6, 6.07) is 0.950. The lowest BCUT2D eigenvalue weighted by Gasteiger charge is -2.49. The molecule has 2 unspecified atom stereocenters. The SMILES string of the molecule is CN1C(=O)C(C)(C)NC2CCCCC21. The normalized spacial score (nSPS) is 36.8. The first-order valence-electron chi connectivity index (χ1n) is 5.57. The maximum atomic E-state index is 12.0. The third-order valence-corrected chi connectivity index (χ3v) is 3.63. The molecule has 1 aliphatic carbocycles. The molecule has 1 saturated carbocycles. The second-order valence-electron chi connectivity index (χ2n) is 5.14. The molecule has 2 rings (SSSR count). The van der Waals surface area contributed by atoms with Gasteiger partial charge in [-0.2, -0.15) is 0 Å². The molecule has 2 aliphatic rings. The van der Waals surface area contributed by atoms with E-state index >= 15 is 0 Å². The van der Waals surface area contributed by atoms with E-state index in [1.165, 1.54) is 19.3 Å². The molecule has 1 saturated heterocycles. The molecular formula is C11H20N2O. The Labute approximate surface area is 85.8 Å². The molecule has 1 N–H and O–H groups in total. The molecular weight excluding hydrogens is 176 g/mol. The quantitative estimate of drug-likeness (QED) is 0.630. The van der Waals surface area contributed by atoms with Gasteiger partial charge < -0.3 is 4.90 Å². The topological polar surface area (TPSA) is 32.3 Å². The minimum Gasteiger partial charge on any atom is -0.340 e. The van der Waals surface area contributed by atoms with Gasteiger partial charge in [0, 0.05) is 19.1 Å². The summed E-state index contributed by atoms with van der Waals surface area (Å²) < 4.78 is 0. The Morgan fingerprint density at radius 2 is 2.00 bits per heavy atom. The molecule has 80 valence electrons. The highest BCUT2D eigenvalue weighted by molar-refractivity contribution is 5.86. The van der Waals surface area contributed by atoms with Gasteiger partial charge in [-0.3, -0.25) is 10.1 Å². The van der Waals surface area contributed by atoms with Crippen LogP contribution in [0.1, 0.15) is 39.5 Å². The van der Waals surface area contributed by atoms with Crippen molar-refractivity contribution in [2.45, 2.75) is 57.2 Å². The van der Waals surface area contributed by atoms with Crippen LogP contribution >= 0.6 is 0 Å². The highest BCUT2D eigenvalue weighted by atomic mass is 16.2. The smallest absolute Gasteiger partial charge is 0.242 e. The van der Waals surface area contributed by atoms with Gasteiger partial charge in [-0.05, 0) is 26.7 Å². The summed E-state index contributed by atoms with van der Waals surface area (Å²) in [5.41, 5.74) is -0.368. The number of carbonyl (C=O) groups is 1. The first-order valence-corrected chi connectivity index (χ1v) is 5.57. The molecule has 3 heteroatoms. The molecule has 1 aliphatic heterocycles. The van der Waals surface area contributed by atoms with Crippen LogP contribution < -0.4 is 5.32 Å². The summed E-state index contributed by atoms with van der Waals surface area (Å²) in [4.78, 5) is 13.9. The molecule has 0 radical (unpaired) electrons. The van der Waals surface area contributed by atoms with Gasteiger partial charge in [-0.1, -0.05) is 12.8 Å². The van der Waals surface area contributed by atoms with Crippen LogP contribution in [0.15, 0.2) is 0 Å². The zero-order chi connectivity index (χ0) is 10.3. The molecule has 0 spiro atoms.